The first-order valence-corrected chi connectivity index (χ1v) is 6.78. The Kier molecular flexibility index (Phi) is 5.02. The summed E-state index contributed by atoms with van der Waals surface area (Å²) >= 11 is 0. The van der Waals surface area contributed by atoms with Crippen molar-refractivity contribution in [2.45, 2.75) is 44.2 Å². The van der Waals surface area contributed by atoms with Gasteiger partial charge in [0.2, 0.25) is 0 Å². The van der Waals surface area contributed by atoms with Crippen LogP contribution < -0.4 is 10.5 Å². The molecule has 0 radical (unpaired) electrons. The zero-order valence-corrected chi connectivity index (χ0v) is 11.1. The van der Waals surface area contributed by atoms with Gasteiger partial charge < -0.3 is 15.2 Å². The van der Waals surface area contributed by atoms with Gasteiger partial charge in [-0.2, -0.15) is 0 Å². The van der Waals surface area contributed by atoms with Crippen molar-refractivity contribution in [3.63, 3.8) is 0 Å². The molecule has 2 N–H and O–H groups in total. The lowest BCUT2D eigenvalue weighted by Crippen LogP contribution is -2.30. The molecule has 0 amide bonds. The van der Waals surface area contributed by atoms with Crippen LogP contribution in [0, 0.1) is 0 Å². The molecule has 3 heteroatoms. The molecular formula is C15H23NO2. The molecule has 0 spiro atoms. The lowest BCUT2D eigenvalue weighted by molar-refractivity contribution is 0.0270. The lowest BCUT2D eigenvalue weighted by atomic mass is 9.94. The van der Waals surface area contributed by atoms with Crippen LogP contribution in [-0.4, -0.2) is 25.9 Å². The van der Waals surface area contributed by atoms with E-state index in [1.807, 2.05) is 12.1 Å². The summed E-state index contributed by atoms with van der Waals surface area (Å²) in [6.45, 7) is 0.798. The largest absolute Gasteiger partial charge is 0.497 e. The molecule has 2 rings (SSSR count). The van der Waals surface area contributed by atoms with Crippen molar-refractivity contribution in [3.8, 4) is 5.75 Å². The van der Waals surface area contributed by atoms with Gasteiger partial charge in [0.15, 0.2) is 0 Å². The molecule has 1 aromatic carbocycles. The Balaban J connectivity index is 1.68. The van der Waals surface area contributed by atoms with Gasteiger partial charge in [-0.25, -0.2) is 0 Å². The van der Waals surface area contributed by atoms with E-state index in [1.54, 1.807) is 7.11 Å². The minimum absolute atomic E-state index is 0.395. The van der Waals surface area contributed by atoms with Gasteiger partial charge >= 0.3 is 0 Å². The van der Waals surface area contributed by atoms with Gasteiger partial charge in [-0.3, -0.25) is 0 Å². The van der Waals surface area contributed by atoms with E-state index < -0.39 is 0 Å². The van der Waals surface area contributed by atoms with Gasteiger partial charge in [0.25, 0.3) is 0 Å². The molecule has 0 heterocycles. The summed E-state index contributed by atoms with van der Waals surface area (Å²) in [5.74, 6) is 0.904. The number of hydrogen-bond donors (Lipinski definition) is 1. The lowest BCUT2D eigenvalue weighted by Gasteiger charge is -2.26. The van der Waals surface area contributed by atoms with Crippen LogP contribution in [0.25, 0.3) is 0 Å². The van der Waals surface area contributed by atoms with Crippen LogP contribution in [0.15, 0.2) is 24.3 Å². The summed E-state index contributed by atoms with van der Waals surface area (Å²) in [7, 11) is 1.69. The van der Waals surface area contributed by atoms with Crippen LogP contribution in [0.1, 0.15) is 31.2 Å². The third-order valence-corrected chi connectivity index (χ3v) is 3.62. The average Bonchev–Trinajstić information content (AvgIpc) is 2.42. The number of methoxy groups -OCH3 is 1. The predicted octanol–water partition coefficient (Wildman–Crippen LogP) is 2.52. The highest BCUT2D eigenvalue weighted by Crippen LogP contribution is 2.20. The molecule has 0 aromatic heterocycles. The van der Waals surface area contributed by atoms with Crippen LogP contribution in [0.4, 0.5) is 0 Å². The maximum absolute atomic E-state index is 5.90. The molecule has 0 aliphatic heterocycles. The zero-order valence-electron chi connectivity index (χ0n) is 11.1. The van der Waals surface area contributed by atoms with Crippen LogP contribution in [0.5, 0.6) is 5.75 Å². The van der Waals surface area contributed by atoms with E-state index in [-0.39, 0.29) is 0 Å². The molecule has 1 saturated carbocycles. The standard InChI is InChI=1S/C15H23NO2/c1-17-14-6-2-12(3-7-14)10-11-18-15-8-4-13(16)5-9-15/h2-3,6-7,13,15H,4-5,8-11,16H2,1H3. The van der Waals surface area contributed by atoms with Crippen molar-refractivity contribution >= 4 is 0 Å². The summed E-state index contributed by atoms with van der Waals surface area (Å²) in [5.41, 5.74) is 7.17. The fraction of sp³-hybridized carbons (Fsp3) is 0.600. The van der Waals surface area contributed by atoms with Crippen LogP contribution >= 0.6 is 0 Å². The minimum atomic E-state index is 0.395. The van der Waals surface area contributed by atoms with Crippen molar-refractivity contribution in [2.75, 3.05) is 13.7 Å². The SMILES string of the molecule is COc1ccc(CCOC2CCC(N)CC2)cc1. The van der Waals surface area contributed by atoms with Crippen molar-refractivity contribution in [1.29, 1.82) is 0 Å². The second-order valence-electron chi connectivity index (χ2n) is 5.01. The quantitative estimate of drug-likeness (QED) is 0.872. The summed E-state index contributed by atoms with van der Waals surface area (Å²) in [5, 5.41) is 0. The molecule has 1 aromatic rings. The molecule has 0 bridgehead atoms. The number of nitrogens with two attached hydrogens (primary N) is 1. The second kappa shape index (κ2) is 6.76. The number of ether oxygens (including phenoxy) is 2. The third kappa shape index (κ3) is 4.00. The summed E-state index contributed by atoms with van der Waals surface area (Å²) < 4.78 is 11.0. The number of hydrogen-bond acceptors (Lipinski definition) is 3. The first kappa shape index (κ1) is 13.4. The van der Waals surface area contributed by atoms with Crippen molar-refractivity contribution < 1.29 is 9.47 Å². The second-order valence-corrected chi connectivity index (χ2v) is 5.01. The van der Waals surface area contributed by atoms with E-state index in [0.29, 0.717) is 12.1 Å². The van der Waals surface area contributed by atoms with Crippen molar-refractivity contribution in [3.05, 3.63) is 29.8 Å². The molecule has 1 fully saturated rings. The summed E-state index contributed by atoms with van der Waals surface area (Å²) in [6.07, 6.45) is 5.82. The molecule has 3 nitrogen and oxygen atoms in total. The Morgan fingerprint density at radius 2 is 1.78 bits per heavy atom. The monoisotopic (exact) mass is 249 g/mol. The Labute approximate surface area is 109 Å². The number of benzene rings is 1. The maximum atomic E-state index is 5.90. The van der Waals surface area contributed by atoms with E-state index in [2.05, 4.69) is 12.1 Å². The predicted molar refractivity (Wildman–Crippen MR) is 72.9 cm³/mol. The van der Waals surface area contributed by atoms with E-state index in [9.17, 15) is 0 Å². The highest BCUT2D eigenvalue weighted by molar-refractivity contribution is 5.27. The normalized spacial score (nSPS) is 23.9. The molecule has 100 valence electrons. The molecule has 0 unspecified atom stereocenters. The van der Waals surface area contributed by atoms with Crippen molar-refractivity contribution in [2.24, 2.45) is 5.73 Å². The van der Waals surface area contributed by atoms with Crippen molar-refractivity contribution in [1.82, 2.24) is 0 Å². The van der Waals surface area contributed by atoms with Gasteiger partial charge in [-0.15, -0.1) is 0 Å². The van der Waals surface area contributed by atoms with Gasteiger partial charge in [-0.05, 0) is 49.8 Å². The first-order chi connectivity index (χ1) is 8.78. The van der Waals surface area contributed by atoms with E-state index in [4.69, 9.17) is 15.2 Å². The number of rotatable bonds is 5. The highest BCUT2D eigenvalue weighted by atomic mass is 16.5. The Hall–Kier alpha value is -1.06. The van der Waals surface area contributed by atoms with Gasteiger partial charge in [0.1, 0.15) is 5.75 Å². The minimum Gasteiger partial charge on any atom is -0.497 e. The summed E-state index contributed by atoms with van der Waals surface area (Å²) in [4.78, 5) is 0. The third-order valence-electron chi connectivity index (χ3n) is 3.62. The molecule has 0 atom stereocenters. The Morgan fingerprint density at radius 3 is 2.39 bits per heavy atom. The summed E-state index contributed by atoms with van der Waals surface area (Å²) in [6, 6.07) is 8.58. The molecule has 1 aliphatic rings. The van der Waals surface area contributed by atoms with Gasteiger partial charge in [0, 0.05) is 6.04 Å². The van der Waals surface area contributed by atoms with Gasteiger partial charge in [-0.1, -0.05) is 12.1 Å². The van der Waals surface area contributed by atoms with Crippen LogP contribution in [0.3, 0.4) is 0 Å². The smallest absolute Gasteiger partial charge is 0.118 e. The molecule has 1 aliphatic carbocycles. The van der Waals surface area contributed by atoms with E-state index >= 15 is 0 Å². The average molecular weight is 249 g/mol. The van der Waals surface area contributed by atoms with Crippen LogP contribution in [-0.2, 0) is 11.2 Å². The molecular weight excluding hydrogens is 226 g/mol. The zero-order chi connectivity index (χ0) is 12.8. The Morgan fingerprint density at radius 1 is 1.11 bits per heavy atom. The van der Waals surface area contributed by atoms with Crippen LogP contribution in [0.2, 0.25) is 0 Å². The molecule has 0 saturated heterocycles. The highest BCUT2D eigenvalue weighted by Gasteiger charge is 2.18. The van der Waals surface area contributed by atoms with E-state index in [1.165, 1.54) is 5.56 Å². The topological polar surface area (TPSA) is 44.5 Å². The fourth-order valence-electron chi connectivity index (χ4n) is 2.39. The maximum Gasteiger partial charge on any atom is 0.118 e. The fourth-order valence-corrected chi connectivity index (χ4v) is 2.39. The first-order valence-electron chi connectivity index (χ1n) is 6.78. The Bertz CT molecular complexity index is 342. The van der Waals surface area contributed by atoms with Gasteiger partial charge in [0.05, 0.1) is 19.8 Å². The van der Waals surface area contributed by atoms with E-state index in [0.717, 1.165) is 44.5 Å². The molecule has 18 heavy (non-hydrogen) atoms.